The Morgan fingerprint density at radius 1 is 1.15 bits per heavy atom. The molecular weight excluding hydrogens is 420 g/mol. The number of aromatic nitrogens is 6. The molecule has 0 bridgehead atoms. The molecule has 0 aliphatic heterocycles. The van der Waals surface area contributed by atoms with Gasteiger partial charge < -0.3 is 9.88 Å². The summed E-state index contributed by atoms with van der Waals surface area (Å²) in [6.07, 6.45) is 5.08. The molecule has 0 spiro atoms. The predicted octanol–water partition coefficient (Wildman–Crippen LogP) is 3.17. The summed E-state index contributed by atoms with van der Waals surface area (Å²) in [4.78, 5) is 35.5. The number of carbonyl (C=O) groups is 1. The van der Waals surface area contributed by atoms with Crippen molar-refractivity contribution in [1.29, 1.82) is 0 Å². The number of benzene rings is 1. The fourth-order valence-corrected chi connectivity index (χ4v) is 3.81. The monoisotopic (exact) mass is 442 g/mol. The van der Waals surface area contributed by atoms with Crippen LogP contribution in [0.4, 0.5) is 5.82 Å². The first-order valence-corrected chi connectivity index (χ1v) is 10.4. The molecule has 0 saturated heterocycles. The Morgan fingerprint density at radius 2 is 1.97 bits per heavy atom. The van der Waals surface area contributed by atoms with Gasteiger partial charge in [-0.2, -0.15) is 9.97 Å². The van der Waals surface area contributed by atoms with Gasteiger partial charge in [0, 0.05) is 19.3 Å². The number of hydroxylamine groups is 1. The molecule has 5 aromatic rings. The van der Waals surface area contributed by atoms with E-state index in [1.54, 1.807) is 41.0 Å². The summed E-state index contributed by atoms with van der Waals surface area (Å²) in [5, 5.41) is 4.20. The van der Waals surface area contributed by atoms with Crippen LogP contribution in [0, 0.1) is 0 Å². The Morgan fingerprint density at radius 3 is 2.76 bits per heavy atom. The van der Waals surface area contributed by atoms with Crippen LogP contribution < -0.4 is 10.8 Å². The molecular formula is C23H22N8O2. The third-order valence-corrected chi connectivity index (χ3v) is 5.52. The summed E-state index contributed by atoms with van der Waals surface area (Å²) in [5.41, 5.74) is 6.03. The molecule has 1 amide bonds. The molecule has 0 aliphatic rings. The predicted molar refractivity (Wildman–Crippen MR) is 124 cm³/mol. The maximum absolute atomic E-state index is 12.5. The van der Waals surface area contributed by atoms with E-state index in [1.165, 1.54) is 7.11 Å². The lowest BCUT2D eigenvalue weighted by molar-refractivity contribution is 0.0529. The van der Waals surface area contributed by atoms with Gasteiger partial charge in [-0.05, 0) is 24.6 Å². The number of amides is 1. The number of aryl methyl sites for hydroxylation is 1. The Kier molecular flexibility index (Phi) is 5.19. The lowest BCUT2D eigenvalue weighted by Gasteiger charge is -2.16. The molecule has 1 aromatic carbocycles. The summed E-state index contributed by atoms with van der Waals surface area (Å²) < 4.78 is 3.49. The van der Waals surface area contributed by atoms with Crippen molar-refractivity contribution in [3.63, 3.8) is 0 Å². The minimum Gasteiger partial charge on any atom is -0.363 e. The molecule has 0 unspecified atom stereocenters. The van der Waals surface area contributed by atoms with Gasteiger partial charge in [-0.3, -0.25) is 19.2 Å². The van der Waals surface area contributed by atoms with Crippen molar-refractivity contribution in [2.75, 3.05) is 12.4 Å². The zero-order chi connectivity index (χ0) is 22.9. The number of pyridine rings is 1. The maximum atomic E-state index is 12.5. The second-order valence-corrected chi connectivity index (χ2v) is 7.59. The molecule has 166 valence electrons. The minimum atomic E-state index is -0.376. The zero-order valence-corrected chi connectivity index (χ0v) is 18.4. The zero-order valence-electron chi connectivity index (χ0n) is 18.4. The van der Waals surface area contributed by atoms with E-state index >= 15 is 0 Å². The van der Waals surface area contributed by atoms with Crippen LogP contribution >= 0.6 is 0 Å². The van der Waals surface area contributed by atoms with Crippen LogP contribution in [0.3, 0.4) is 0 Å². The average Bonchev–Trinajstić information content (AvgIpc) is 3.41. The van der Waals surface area contributed by atoms with Crippen molar-refractivity contribution in [3.05, 3.63) is 72.4 Å². The number of imidazole rings is 1. The molecule has 4 heterocycles. The van der Waals surface area contributed by atoms with Crippen molar-refractivity contribution in [3.8, 4) is 5.95 Å². The Labute approximate surface area is 189 Å². The lowest BCUT2D eigenvalue weighted by Crippen LogP contribution is -2.24. The topological polar surface area (TPSA) is 112 Å². The van der Waals surface area contributed by atoms with Gasteiger partial charge in [-0.1, -0.05) is 30.3 Å². The standard InChI is InChI=1S/C23H22N8O2/c1-14(15-7-5-4-6-8-15)26-20-16-11-18(22(32)29-33-3)30(2)21(16)28-23(27-20)31-13-25-17-9-10-24-12-19(17)31/h4-14H,1-3H3,(H,29,32)(H,26,27,28)/t14-/m0/s1. The second-order valence-electron chi connectivity index (χ2n) is 7.59. The van der Waals surface area contributed by atoms with Gasteiger partial charge in [0.05, 0.1) is 29.7 Å². The van der Waals surface area contributed by atoms with Crippen molar-refractivity contribution in [1.82, 2.24) is 34.6 Å². The van der Waals surface area contributed by atoms with E-state index in [1.807, 2.05) is 24.3 Å². The number of anilines is 1. The van der Waals surface area contributed by atoms with E-state index in [0.717, 1.165) is 16.6 Å². The van der Waals surface area contributed by atoms with Gasteiger partial charge in [0.1, 0.15) is 23.5 Å². The third kappa shape index (κ3) is 3.66. The number of rotatable bonds is 6. The molecule has 0 radical (unpaired) electrons. The molecule has 10 nitrogen and oxygen atoms in total. The van der Waals surface area contributed by atoms with Gasteiger partial charge in [-0.25, -0.2) is 10.5 Å². The second kappa shape index (κ2) is 8.32. The van der Waals surface area contributed by atoms with Crippen molar-refractivity contribution in [2.45, 2.75) is 13.0 Å². The van der Waals surface area contributed by atoms with Crippen molar-refractivity contribution in [2.24, 2.45) is 7.05 Å². The summed E-state index contributed by atoms with van der Waals surface area (Å²) in [5.74, 6) is 0.642. The average molecular weight is 442 g/mol. The van der Waals surface area contributed by atoms with Crippen molar-refractivity contribution < 1.29 is 9.63 Å². The normalized spacial score (nSPS) is 12.2. The van der Waals surface area contributed by atoms with E-state index in [-0.39, 0.29) is 11.9 Å². The smallest absolute Gasteiger partial charge is 0.291 e. The first kappa shape index (κ1) is 20.6. The number of hydrogen-bond acceptors (Lipinski definition) is 7. The SMILES string of the molecule is CONC(=O)c1cc2c(N[C@@H](C)c3ccccc3)nc(-n3cnc4ccncc43)nc2n1C. The summed E-state index contributed by atoms with van der Waals surface area (Å²) in [6, 6.07) is 13.6. The largest absolute Gasteiger partial charge is 0.363 e. The molecule has 33 heavy (non-hydrogen) atoms. The number of nitrogens with zero attached hydrogens (tertiary/aromatic N) is 6. The highest BCUT2D eigenvalue weighted by Crippen LogP contribution is 2.29. The molecule has 10 heteroatoms. The first-order chi connectivity index (χ1) is 16.1. The van der Waals surface area contributed by atoms with Gasteiger partial charge in [0.25, 0.3) is 5.91 Å². The van der Waals surface area contributed by atoms with Crippen LogP contribution in [0.15, 0.2) is 61.2 Å². The maximum Gasteiger partial charge on any atom is 0.291 e. The van der Waals surface area contributed by atoms with Gasteiger partial charge in [0.15, 0.2) is 0 Å². The molecule has 0 aliphatic carbocycles. The minimum absolute atomic E-state index is 0.0326. The van der Waals surface area contributed by atoms with E-state index in [2.05, 4.69) is 39.8 Å². The van der Waals surface area contributed by atoms with Gasteiger partial charge >= 0.3 is 0 Å². The van der Waals surface area contributed by atoms with Crippen LogP contribution in [-0.2, 0) is 11.9 Å². The third-order valence-electron chi connectivity index (χ3n) is 5.52. The Bertz CT molecular complexity index is 1460. The van der Waals surface area contributed by atoms with Crippen LogP contribution in [0.5, 0.6) is 0 Å². The van der Waals surface area contributed by atoms with Crippen LogP contribution in [0.2, 0.25) is 0 Å². The van der Waals surface area contributed by atoms with Gasteiger partial charge in [0.2, 0.25) is 5.95 Å². The first-order valence-electron chi connectivity index (χ1n) is 10.4. The molecule has 4 aromatic heterocycles. The van der Waals surface area contributed by atoms with Gasteiger partial charge in [-0.15, -0.1) is 0 Å². The molecule has 2 N–H and O–H groups in total. The summed E-state index contributed by atoms with van der Waals surface area (Å²) >= 11 is 0. The molecule has 0 fully saturated rings. The fourth-order valence-electron chi connectivity index (χ4n) is 3.81. The number of hydrogen-bond donors (Lipinski definition) is 2. The number of fused-ring (bicyclic) bond motifs is 2. The highest BCUT2D eigenvalue weighted by molar-refractivity contribution is 6.00. The quantitative estimate of drug-likeness (QED) is 0.389. The van der Waals surface area contributed by atoms with E-state index in [4.69, 9.17) is 14.8 Å². The molecule has 1 atom stereocenters. The van der Waals surface area contributed by atoms with E-state index < -0.39 is 0 Å². The molecule has 0 saturated carbocycles. The summed E-state index contributed by atoms with van der Waals surface area (Å²) in [6.45, 7) is 2.06. The number of carbonyl (C=O) groups excluding carboxylic acids is 1. The number of nitrogens with one attached hydrogen (secondary N) is 2. The van der Waals surface area contributed by atoms with Crippen molar-refractivity contribution >= 4 is 33.8 Å². The summed E-state index contributed by atoms with van der Waals surface area (Å²) in [7, 11) is 3.17. The highest BCUT2D eigenvalue weighted by atomic mass is 16.6. The van der Waals surface area contributed by atoms with Crippen LogP contribution in [0.25, 0.3) is 28.0 Å². The Balaban J connectivity index is 1.69. The van der Waals surface area contributed by atoms with Crippen LogP contribution in [-0.4, -0.2) is 42.1 Å². The molecule has 5 rings (SSSR count). The highest BCUT2D eigenvalue weighted by Gasteiger charge is 2.21. The fraction of sp³-hybridized carbons (Fsp3) is 0.174. The van der Waals surface area contributed by atoms with E-state index in [9.17, 15) is 4.79 Å². The Hall–Kier alpha value is -4.31. The van der Waals surface area contributed by atoms with Crippen LogP contribution in [0.1, 0.15) is 29.0 Å². The lowest BCUT2D eigenvalue weighted by atomic mass is 10.1. The van der Waals surface area contributed by atoms with E-state index in [0.29, 0.717) is 28.5 Å².